The summed E-state index contributed by atoms with van der Waals surface area (Å²) in [4.78, 5) is 25.8. The number of nitrogens with zero attached hydrogens (tertiary/aromatic N) is 1. The van der Waals surface area contributed by atoms with Gasteiger partial charge in [0.05, 0.1) is 11.0 Å². The van der Waals surface area contributed by atoms with E-state index in [1.54, 1.807) is 0 Å². The lowest BCUT2D eigenvalue weighted by Crippen LogP contribution is -2.40. The van der Waals surface area contributed by atoms with Crippen molar-refractivity contribution in [1.29, 1.82) is 0 Å². The van der Waals surface area contributed by atoms with Crippen LogP contribution in [0.4, 0.5) is 0 Å². The highest BCUT2D eigenvalue weighted by Gasteiger charge is 2.32. The van der Waals surface area contributed by atoms with Gasteiger partial charge in [-0.05, 0) is 19.8 Å². The van der Waals surface area contributed by atoms with Gasteiger partial charge in [-0.2, -0.15) is 0 Å². The molecule has 2 heterocycles. The van der Waals surface area contributed by atoms with Gasteiger partial charge in [0, 0.05) is 12.1 Å². The van der Waals surface area contributed by atoms with Crippen LogP contribution in [-0.2, 0) is 16.4 Å². The number of aromatic nitrogens is 2. The van der Waals surface area contributed by atoms with Gasteiger partial charge in [-0.3, -0.25) is 14.3 Å². The maximum absolute atomic E-state index is 11.9. The molecular formula is C10H13ClN2O4S. The lowest BCUT2D eigenvalue weighted by atomic mass is 10.2. The van der Waals surface area contributed by atoms with Crippen LogP contribution in [0.3, 0.4) is 0 Å². The summed E-state index contributed by atoms with van der Waals surface area (Å²) in [6.07, 6.45) is 1.06. The summed E-state index contributed by atoms with van der Waals surface area (Å²) >= 11 is 5.68. The molecule has 0 bridgehead atoms. The minimum atomic E-state index is -3.19. The highest BCUT2D eigenvalue weighted by molar-refractivity contribution is 7.92. The van der Waals surface area contributed by atoms with Gasteiger partial charge in [-0.1, -0.05) is 11.6 Å². The predicted molar refractivity (Wildman–Crippen MR) is 67.9 cm³/mol. The molecule has 1 saturated heterocycles. The fraction of sp³-hybridized carbons (Fsp3) is 0.600. The Hall–Kier alpha value is -1.08. The van der Waals surface area contributed by atoms with E-state index in [1.807, 2.05) is 0 Å². The van der Waals surface area contributed by atoms with Crippen molar-refractivity contribution in [3.63, 3.8) is 0 Å². The standard InChI is InChI=1S/C10H13ClN2O4S/c1-6-8(11)12-10(15)13(9(6)14)5-7-3-2-4-18(7,16)17/h7H,2-5H2,1H3,(H,12,15). The van der Waals surface area contributed by atoms with Crippen LogP contribution in [0.1, 0.15) is 18.4 Å². The zero-order valence-electron chi connectivity index (χ0n) is 9.77. The highest BCUT2D eigenvalue weighted by atomic mass is 35.5. The van der Waals surface area contributed by atoms with Crippen molar-refractivity contribution < 1.29 is 8.42 Å². The molecule has 0 amide bonds. The molecule has 0 radical (unpaired) electrons. The van der Waals surface area contributed by atoms with Crippen LogP contribution in [0.5, 0.6) is 0 Å². The number of nitrogens with one attached hydrogen (secondary N) is 1. The Bertz CT molecular complexity index is 689. The third-order valence-electron chi connectivity index (χ3n) is 3.21. The summed E-state index contributed by atoms with van der Waals surface area (Å²) in [5.41, 5.74) is -0.991. The van der Waals surface area contributed by atoms with Crippen LogP contribution in [0.25, 0.3) is 0 Å². The van der Waals surface area contributed by atoms with Gasteiger partial charge in [0.25, 0.3) is 5.56 Å². The molecule has 0 saturated carbocycles. The second-order valence-corrected chi connectivity index (χ2v) is 7.19. The first kappa shape index (κ1) is 13.4. The van der Waals surface area contributed by atoms with Crippen LogP contribution in [0.15, 0.2) is 9.59 Å². The molecule has 8 heteroatoms. The zero-order chi connectivity index (χ0) is 13.5. The fourth-order valence-corrected chi connectivity index (χ4v) is 4.04. The average molecular weight is 293 g/mol. The van der Waals surface area contributed by atoms with E-state index in [0.29, 0.717) is 12.8 Å². The quantitative estimate of drug-likeness (QED) is 0.782. The summed E-state index contributed by atoms with van der Waals surface area (Å²) in [6.45, 7) is 1.38. The summed E-state index contributed by atoms with van der Waals surface area (Å²) in [5.74, 6) is 0.122. The van der Waals surface area contributed by atoms with Gasteiger partial charge in [-0.25, -0.2) is 13.2 Å². The number of sulfone groups is 1. The summed E-state index contributed by atoms with van der Waals surface area (Å²) in [6, 6.07) is 0. The molecule has 0 aromatic carbocycles. The van der Waals surface area contributed by atoms with E-state index in [0.717, 1.165) is 4.57 Å². The Kier molecular flexibility index (Phi) is 3.37. The van der Waals surface area contributed by atoms with Crippen LogP contribution in [-0.4, -0.2) is 29.0 Å². The Morgan fingerprint density at radius 2 is 2.11 bits per heavy atom. The maximum atomic E-state index is 11.9. The lowest BCUT2D eigenvalue weighted by molar-refractivity contribution is 0.547. The molecule has 0 aliphatic carbocycles. The summed E-state index contributed by atoms with van der Waals surface area (Å²) in [7, 11) is -3.19. The van der Waals surface area contributed by atoms with E-state index in [-0.39, 0.29) is 23.0 Å². The average Bonchev–Trinajstić information content (AvgIpc) is 2.61. The number of aromatic amines is 1. The molecule has 1 unspecified atom stereocenters. The zero-order valence-corrected chi connectivity index (χ0v) is 11.3. The van der Waals surface area contributed by atoms with Crippen LogP contribution < -0.4 is 11.2 Å². The molecule has 1 aromatic heterocycles. The van der Waals surface area contributed by atoms with Gasteiger partial charge in [-0.15, -0.1) is 0 Å². The lowest BCUT2D eigenvalue weighted by Gasteiger charge is -2.11. The van der Waals surface area contributed by atoms with E-state index in [1.165, 1.54) is 6.92 Å². The SMILES string of the molecule is Cc1c(Cl)[nH]c(=O)n(CC2CCCS2(=O)=O)c1=O. The van der Waals surface area contributed by atoms with Gasteiger partial charge < -0.3 is 0 Å². The van der Waals surface area contributed by atoms with Crippen molar-refractivity contribution in [3.8, 4) is 0 Å². The van der Waals surface area contributed by atoms with E-state index in [9.17, 15) is 18.0 Å². The first-order valence-corrected chi connectivity index (χ1v) is 7.63. The van der Waals surface area contributed by atoms with E-state index >= 15 is 0 Å². The number of hydrogen-bond donors (Lipinski definition) is 1. The van der Waals surface area contributed by atoms with Gasteiger partial charge >= 0.3 is 5.69 Å². The second kappa shape index (κ2) is 4.55. The molecule has 1 atom stereocenters. The number of H-pyrrole nitrogens is 1. The minimum absolute atomic E-state index is 0.00414. The van der Waals surface area contributed by atoms with Gasteiger partial charge in [0.1, 0.15) is 5.15 Å². The van der Waals surface area contributed by atoms with Crippen LogP contribution >= 0.6 is 11.6 Å². The topological polar surface area (TPSA) is 89.0 Å². The van der Waals surface area contributed by atoms with Crippen molar-refractivity contribution in [2.45, 2.75) is 31.6 Å². The molecule has 100 valence electrons. The molecule has 2 rings (SSSR count). The monoisotopic (exact) mass is 292 g/mol. The summed E-state index contributed by atoms with van der Waals surface area (Å²) in [5, 5.41) is -0.660. The number of halogens is 1. The van der Waals surface area contributed by atoms with Crippen molar-refractivity contribution in [2.75, 3.05) is 5.75 Å². The van der Waals surface area contributed by atoms with Crippen LogP contribution in [0.2, 0.25) is 5.15 Å². The minimum Gasteiger partial charge on any atom is -0.297 e. The first-order valence-electron chi connectivity index (χ1n) is 5.53. The molecule has 6 nitrogen and oxygen atoms in total. The molecular weight excluding hydrogens is 280 g/mol. The molecule has 0 spiro atoms. The molecule has 1 fully saturated rings. The van der Waals surface area contributed by atoms with Crippen molar-refractivity contribution >= 4 is 21.4 Å². The largest absolute Gasteiger partial charge is 0.329 e. The second-order valence-electron chi connectivity index (χ2n) is 4.42. The van der Waals surface area contributed by atoms with Crippen molar-refractivity contribution in [2.24, 2.45) is 0 Å². The van der Waals surface area contributed by atoms with Crippen molar-refractivity contribution in [3.05, 3.63) is 31.6 Å². The molecule has 18 heavy (non-hydrogen) atoms. The molecule has 1 aliphatic rings. The Balaban J connectivity index is 2.45. The van der Waals surface area contributed by atoms with Crippen LogP contribution in [0, 0.1) is 6.92 Å². The van der Waals surface area contributed by atoms with E-state index in [4.69, 9.17) is 11.6 Å². The molecule has 1 aromatic rings. The van der Waals surface area contributed by atoms with E-state index in [2.05, 4.69) is 4.98 Å². The first-order chi connectivity index (χ1) is 8.33. The molecule has 1 N–H and O–H groups in total. The highest BCUT2D eigenvalue weighted by Crippen LogP contribution is 2.20. The van der Waals surface area contributed by atoms with Crippen molar-refractivity contribution in [1.82, 2.24) is 9.55 Å². The Morgan fingerprint density at radius 1 is 1.44 bits per heavy atom. The number of rotatable bonds is 2. The number of hydrogen-bond acceptors (Lipinski definition) is 4. The van der Waals surface area contributed by atoms with Gasteiger partial charge in [0.15, 0.2) is 9.84 Å². The third kappa shape index (κ3) is 2.24. The maximum Gasteiger partial charge on any atom is 0.329 e. The van der Waals surface area contributed by atoms with Gasteiger partial charge in [0.2, 0.25) is 0 Å². The smallest absolute Gasteiger partial charge is 0.297 e. The Morgan fingerprint density at radius 3 is 2.67 bits per heavy atom. The third-order valence-corrected chi connectivity index (χ3v) is 5.84. The fourth-order valence-electron chi connectivity index (χ4n) is 2.08. The van der Waals surface area contributed by atoms with E-state index < -0.39 is 26.3 Å². The Labute approximate surface area is 109 Å². The predicted octanol–water partition coefficient (Wildman–Crippen LogP) is 0.0756. The normalized spacial score (nSPS) is 22.2. The molecule has 1 aliphatic heterocycles. The summed E-state index contributed by atoms with van der Waals surface area (Å²) < 4.78 is 24.3.